The summed E-state index contributed by atoms with van der Waals surface area (Å²) in [5.41, 5.74) is 3.20. The number of nitrogens with zero attached hydrogens (tertiary/aromatic N) is 9. The van der Waals surface area contributed by atoms with E-state index in [2.05, 4.69) is 37.1 Å². The molecule has 0 saturated carbocycles. The maximum Gasteiger partial charge on any atom is 0.410 e. The van der Waals surface area contributed by atoms with Gasteiger partial charge in [-0.3, -0.25) is 24.5 Å². The second kappa shape index (κ2) is 20.8. The maximum atomic E-state index is 17.5. The van der Waals surface area contributed by atoms with Gasteiger partial charge in [0, 0.05) is 80.2 Å². The maximum absolute atomic E-state index is 17.5. The van der Waals surface area contributed by atoms with Crippen molar-refractivity contribution in [1.29, 1.82) is 0 Å². The molecule has 3 aromatic heterocycles. The Morgan fingerprint density at radius 2 is 1.79 bits per heavy atom. The highest BCUT2D eigenvalue weighted by Crippen LogP contribution is 2.46. The number of fused-ring (bicyclic) bond motifs is 5. The number of aromatic nitrogens is 5. The van der Waals surface area contributed by atoms with Crippen LogP contribution >= 0.6 is 0 Å². The van der Waals surface area contributed by atoms with Crippen molar-refractivity contribution in [1.82, 2.24) is 39.8 Å². The summed E-state index contributed by atoms with van der Waals surface area (Å²) in [6.07, 6.45) is 13.0. The van der Waals surface area contributed by atoms with E-state index >= 15 is 17.6 Å². The number of amides is 3. The Bertz CT molecular complexity index is 3510. The number of nitrogens with one attached hydrogen (secondary N) is 1. The zero-order chi connectivity index (χ0) is 55.0. The molecular weight excluding hydrogens is 1030 g/mol. The summed E-state index contributed by atoms with van der Waals surface area (Å²) in [6, 6.07) is 14.1. The molecule has 7 aliphatic rings. The molecule has 7 aliphatic heterocycles. The Labute approximate surface area is 460 Å². The molecule has 20 heteroatoms. The van der Waals surface area contributed by atoms with Gasteiger partial charge in [0.25, 0.3) is 5.92 Å². The lowest BCUT2D eigenvalue weighted by atomic mass is 9.81. The SMILES string of the molecule is C#Cc1c(F)ccc2cccc(-c3nc4c5c(nc(OC[C@@]67CCCN6[C@H](COC(=O)N6CC[C@H](CC8CCN(c9ccc%10c(C%11CCC(=O)NC%11=O)nn(C)c%10c9)CC8)C(F)(F)C6)CC7)nc5c3F)N3CCCOC[C@@H]3CC4)c12. The number of rotatable bonds is 10. The van der Waals surface area contributed by atoms with Crippen molar-refractivity contribution in [2.45, 2.75) is 113 Å². The third-order valence-electron chi connectivity index (χ3n) is 18.6. The number of ether oxygens (including phenoxy) is 3. The number of terminal acetylenes is 1. The van der Waals surface area contributed by atoms with E-state index in [1.54, 1.807) is 28.9 Å². The Kier molecular flexibility index (Phi) is 13.6. The molecule has 1 unspecified atom stereocenters. The number of hydrogen-bond acceptors (Lipinski definition) is 13. The van der Waals surface area contributed by atoms with E-state index in [4.69, 9.17) is 35.6 Å². The predicted molar refractivity (Wildman–Crippen MR) is 292 cm³/mol. The second-order valence-corrected chi connectivity index (χ2v) is 23.2. The summed E-state index contributed by atoms with van der Waals surface area (Å²) in [4.78, 5) is 60.7. The van der Waals surface area contributed by atoms with Crippen LogP contribution in [0.25, 0.3) is 43.8 Å². The number of pyridine rings is 1. The largest absolute Gasteiger partial charge is 0.461 e. The lowest BCUT2D eigenvalue weighted by molar-refractivity contribution is -0.134. The molecule has 10 heterocycles. The van der Waals surface area contributed by atoms with Gasteiger partial charge in [-0.1, -0.05) is 30.2 Å². The number of imide groups is 1. The van der Waals surface area contributed by atoms with Crippen molar-refractivity contribution in [2.75, 3.05) is 75.5 Å². The van der Waals surface area contributed by atoms with Crippen LogP contribution in [0, 0.1) is 35.8 Å². The number of piperidine rings is 3. The van der Waals surface area contributed by atoms with Gasteiger partial charge in [0.15, 0.2) is 5.82 Å². The number of carbonyl (C=O) groups is 3. The Hall–Kier alpha value is -7.11. The van der Waals surface area contributed by atoms with Crippen LogP contribution in [-0.4, -0.2) is 142 Å². The summed E-state index contributed by atoms with van der Waals surface area (Å²) in [5.74, 6) is -3.13. The average Bonchev–Trinajstić information content (AvgIpc) is 4.11. The van der Waals surface area contributed by atoms with E-state index in [0.717, 1.165) is 74.7 Å². The van der Waals surface area contributed by atoms with E-state index in [1.807, 2.05) is 19.2 Å². The third kappa shape index (κ3) is 9.31. The molecule has 6 fully saturated rings. The van der Waals surface area contributed by atoms with Crippen LogP contribution in [0.2, 0.25) is 0 Å². The molecule has 16 nitrogen and oxygen atoms in total. The van der Waals surface area contributed by atoms with Gasteiger partial charge in [-0.15, -0.1) is 6.42 Å². The molecule has 80 heavy (non-hydrogen) atoms. The lowest BCUT2D eigenvalue weighted by Gasteiger charge is -2.41. The molecule has 1 N–H and O–H groups in total. The van der Waals surface area contributed by atoms with Crippen molar-refractivity contribution in [3.8, 4) is 29.6 Å². The van der Waals surface area contributed by atoms with Crippen LogP contribution in [0.3, 0.4) is 0 Å². The van der Waals surface area contributed by atoms with Crippen LogP contribution in [0.1, 0.15) is 99.9 Å². The van der Waals surface area contributed by atoms with E-state index < -0.39 is 47.6 Å². The molecule has 0 aliphatic carbocycles. The summed E-state index contributed by atoms with van der Waals surface area (Å²) in [6.45, 7) is 3.63. The average molecular weight is 1100 g/mol. The quantitative estimate of drug-likeness (QED) is 0.0789. The number of benzene rings is 3. The fraction of sp³-hybridized carbons (Fsp3) is 0.517. The number of aryl methyl sites for hydroxylation is 2. The highest BCUT2D eigenvalue weighted by atomic mass is 19.3. The van der Waals surface area contributed by atoms with Gasteiger partial charge >= 0.3 is 12.1 Å². The van der Waals surface area contributed by atoms with Crippen LogP contribution in [0.5, 0.6) is 6.01 Å². The highest BCUT2D eigenvalue weighted by molar-refractivity contribution is 6.04. The fourth-order valence-corrected chi connectivity index (χ4v) is 14.4. The number of alkyl halides is 2. The van der Waals surface area contributed by atoms with Crippen molar-refractivity contribution < 1.29 is 46.2 Å². The minimum atomic E-state index is -3.07. The van der Waals surface area contributed by atoms with Gasteiger partial charge in [0.05, 0.1) is 58.5 Å². The first-order chi connectivity index (χ1) is 38.8. The Balaban J connectivity index is 0.648. The molecule has 3 amide bonds. The Morgan fingerprint density at radius 3 is 2.61 bits per heavy atom. The van der Waals surface area contributed by atoms with Crippen LogP contribution in [-0.2, 0) is 32.5 Å². The first-order valence-electron chi connectivity index (χ1n) is 28.4. The second-order valence-electron chi connectivity index (χ2n) is 23.2. The third-order valence-corrected chi connectivity index (χ3v) is 18.6. The molecule has 5 atom stereocenters. The monoisotopic (exact) mass is 1100 g/mol. The van der Waals surface area contributed by atoms with Gasteiger partial charge < -0.3 is 28.9 Å². The molecule has 13 rings (SSSR count). The Morgan fingerprint density at radius 1 is 0.925 bits per heavy atom. The van der Waals surface area contributed by atoms with E-state index in [0.29, 0.717) is 90.8 Å². The summed E-state index contributed by atoms with van der Waals surface area (Å²) in [7, 11) is 1.84. The fourth-order valence-electron chi connectivity index (χ4n) is 14.4. The highest BCUT2D eigenvalue weighted by Gasteiger charge is 2.51. The van der Waals surface area contributed by atoms with Crippen molar-refractivity contribution in [3.05, 3.63) is 77.1 Å². The first-order valence-corrected chi connectivity index (χ1v) is 28.4. The standard InChI is InChI=1S/C60H64F4N10O6/c1-3-41-45(61)14-9-36-7-4-8-43(49(36)41)53-51(62)54-50-46(65-53)15-11-39-31-78-28-6-23-73(39)55(50)68-57(67-54)80-34-59-21-5-24-74(59)40(17-22-59)32-79-58(77)72-27-20-37(60(63,64)33-72)29-35-18-25-71(26-19-35)38-10-12-42-47(30-38)70(2)69-52(42)44-13-16-48(75)66-56(44)76/h1,4,7-10,12,14,30,35,37,39-40,44H,5-6,11,13,15-29,31-34H2,2H3,(H,66,75,76)/t37-,39+,40+,44?,59+/m1/s1. The van der Waals surface area contributed by atoms with Gasteiger partial charge in [0.2, 0.25) is 11.8 Å². The zero-order valence-corrected chi connectivity index (χ0v) is 44.8. The molecule has 6 aromatic rings. The minimum absolute atomic E-state index is 0.0160. The molecular formula is C60H64F4N10O6. The van der Waals surface area contributed by atoms with Crippen molar-refractivity contribution in [3.63, 3.8) is 0 Å². The van der Waals surface area contributed by atoms with E-state index in [1.165, 1.54) is 11.0 Å². The summed E-state index contributed by atoms with van der Waals surface area (Å²) < 4.78 is 85.0. The van der Waals surface area contributed by atoms with Crippen LogP contribution in [0.4, 0.5) is 33.9 Å². The number of anilines is 2. The molecule has 418 valence electrons. The minimum Gasteiger partial charge on any atom is -0.461 e. The smallest absolute Gasteiger partial charge is 0.410 e. The lowest BCUT2D eigenvalue weighted by Crippen LogP contribution is -2.52. The van der Waals surface area contributed by atoms with Crippen LogP contribution < -0.4 is 19.9 Å². The zero-order valence-electron chi connectivity index (χ0n) is 44.8. The van der Waals surface area contributed by atoms with Crippen molar-refractivity contribution in [2.24, 2.45) is 18.9 Å². The number of likely N-dealkylation sites (tertiary alicyclic amines) is 1. The normalized spacial score (nSPS) is 25.3. The molecule has 0 spiro atoms. The van der Waals surface area contributed by atoms with Gasteiger partial charge in [0.1, 0.15) is 36.1 Å². The van der Waals surface area contributed by atoms with E-state index in [-0.39, 0.29) is 85.2 Å². The van der Waals surface area contributed by atoms with Gasteiger partial charge in [-0.05, 0) is 119 Å². The number of hydrogen-bond donors (Lipinski definition) is 1. The molecule has 3 aromatic carbocycles. The van der Waals surface area contributed by atoms with Gasteiger partial charge in [-0.25, -0.2) is 27.3 Å². The topological polar surface area (TPSA) is 160 Å². The van der Waals surface area contributed by atoms with Crippen LogP contribution in [0.15, 0.2) is 48.5 Å². The van der Waals surface area contributed by atoms with Crippen molar-refractivity contribution >= 4 is 62.0 Å². The summed E-state index contributed by atoms with van der Waals surface area (Å²) in [5, 5.41) is 9.53. The summed E-state index contributed by atoms with van der Waals surface area (Å²) >= 11 is 0. The first kappa shape index (κ1) is 52.3. The van der Waals surface area contributed by atoms with Gasteiger partial charge in [-0.2, -0.15) is 15.1 Å². The van der Waals surface area contributed by atoms with E-state index in [9.17, 15) is 14.4 Å². The molecule has 0 bridgehead atoms. The predicted octanol–water partition coefficient (Wildman–Crippen LogP) is 8.83. The molecule has 0 radical (unpaired) electrons. The molecule has 6 saturated heterocycles. The number of halogens is 4. The number of carbonyl (C=O) groups excluding carboxylic acids is 3.